The Hall–Kier alpha value is 0.01000. The van der Waals surface area contributed by atoms with Gasteiger partial charge in [0.1, 0.15) is 0 Å². The van der Waals surface area contributed by atoms with Crippen LogP contribution in [0.1, 0.15) is 11.3 Å². The molecule has 0 aliphatic carbocycles. The minimum atomic E-state index is 0.315. The molecule has 1 fully saturated rings. The minimum absolute atomic E-state index is 0.315. The average molecular weight is 200 g/mol. The van der Waals surface area contributed by atoms with Crippen LogP contribution in [-0.2, 0) is 10.2 Å². The van der Waals surface area contributed by atoms with Gasteiger partial charge < -0.3 is 4.74 Å². The van der Waals surface area contributed by atoms with Crippen LogP contribution in [0.5, 0.6) is 0 Å². The van der Waals surface area contributed by atoms with Crippen molar-refractivity contribution < 1.29 is 4.74 Å². The summed E-state index contributed by atoms with van der Waals surface area (Å²) >= 11 is 6.11. The summed E-state index contributed by atoms with van der Waals surface area (Å²) in [5.74, 6) is 0.946. The van der Waals surface area contributed by atoms with Crippen LogP contribution >= 0.6 is 24.0 Å². The molecule has 1 saturated heterocycles. The predicted octanol–water partition coefficient (Wildman–Crippen LogP) is 2.34. The Balaban J connectivity index is 2.17. The summed E-state index contributed by atoms with van der Waals surface area (Å²) in [5, 5.41) is 2.13. The fourth-order valence-corrected chi connectivity index (χ4v) is 2.91. The van der Waals surface area contributed by atoms with E-state index in [1.807, 2.05) is 11.3 Å². The summed E-state index contributed by atoms with van der Waals surface area (Å²) in [4.78, 5) is 1.46. The normalized spacial score (nSPS) is 20.4. The molecule has 0 unspecified atom stereocenters. The van der Waals surface area contributed by atoms with E-state index in [2.05, 4.69) is 30.1 Å². The van der Waals surface area contributed by atoms with Crippen molar-refractivity contribution in [2.75, 3.05) is 19.0 Å². The first-order chi connectivity index (χ1) is 5.87. The van der Waals surface area contributed by atoms with Gasteiger partial charge in [-0.15, -0.1) is 11.3 Å². The molecule has 1 aromatic heterocycles. The fourth-order valence-electron chi connectivity index (χ4n) is 1.55. The van der Waals surface area contributed by atoms with E-state index in [0.29, 0.717) is 5.41 Å². The second kappa shape index (κ2) is 3.40. The van der Waals surface area contributed by atoms with Crippen LogP contribution in [-0.4, -0.2) is 19.0 Å². The molecule has 0 atom stereocenters. The molecule has 66 valence electrons. The Kier molecular flexibility index (Phi) is 2.44. The average Bonchev–Trinajstić information content (AvgIpc) is 2.48. The predicted molar refractivity (Wildman–Crippen MR) is 55.3 cm³/mol. The van der Waals surface area contributed by atoms with Gasteiger partial charge in [0.05, 0.1) is 18.6 Å². The summed E-state index contributed by atoms with van der Waals surface area (Å²) in [7, 11) is 0. The third-order valence-corrected chi connectivity index (χ3v) is 3.73. The molecule has 0 saturated carbocycles. The van der Waals surface area contributed by atoms with Gasteiger partial charge in [-0.05, 0) is 23.6 Å². The summed E-state index contributed by atoms with van der Waals surface area (Å²) in [6, 6.07) is 4.31. The van der Waals surface area contributed by atoms with Crippen molar-refractivity contribution in [2.24, 2.45) is 0 Å². The Morgan fingerprint density at radius 1 is 1.58 bits per heavy atom. The Morgan fingerprint density at radius 3 is 2.83 bits per heavy atom. The highest BCUT2D eigenvalue weighted by Crippen LogP contribution is 2.38. The summed E-state index contributed by atoms with van der Waals surface area (Å²) < 4.78 is 5.29. The molecule has 0 amide bonds. The summed E-state index contributed by atoms with van der Waals surface area (Å²) in [5.41, 5.74) is 0.315. The van der Waals surface area contributed by atoms with Crippen molar-refractivity contribution in [1.82, 2.24) is 0 Å². The van der Waals surface area contributed by atoms with Gasteiger partial charge in [0.2, 0.25) is 0 Å². The van der Waals surface area contributed by atoms with Crippen LogP contribution in [0.25, 0.3) is 0 Å². The lowest BCUT2D eigenvalue weighted by Gasteiger charge is -2.40. The second-order valence-corrected chi connectivity index (χ2v) is 4.62. The standard InChI is InChI=1S/C9H12OS2/c11-4-3-9(6-10-7-9)8-2-1-5-12-8/h1-2,5,11H,3-4,6-7H2. The number of thiophene rings is 1. The largest absolute Gasteiger partial charge is 0.379 e. The number of hydrogen-bond donors (Lipinski definition) is 1. The number of thiol groups is 1. The van der Waals surface area contributed by atoms with Crippen LogP contribution in [0.2, 0.25) is 0 Å². The monoisotopic (exact) mass is 200 g/mol. The van der Waals surface area contributed by atoms with Gasteiger partial charge in [0.25, 0.3) is 0 Å². The molecule has 2 rings (SSSR count). The summed E-state index contributed by atoms with van der Waals surface area (Å²) in [6.45, 7) is 1.77. The first kappa shape index (κ1) is 8.60. The van der Waals surface area contributed by atoms with Crippen LogP contribution < -0.4 is 0 Å². The zero-order valence-corrected chi connectivity index (χ0v) is 8.54. The molecular formula is C9H12OS2. The fraction of sp³-hybridized carbons (Fsp3) is 0.556. The van der Waals surface area contributed by atoms with Crippen molar-refractivity contribution in [3.63, 3.8) is 0 Å². The molecule has 12 heavy (non-hydrogen) atoms. The van der Waals surface area contributed by atoms with E-state index in [4.69, 9.17) is 4.74 Å². The molecule has 1 aromatic rings. The summed E-state index contributed by atoms with van der Waals surface area (Å²) in [6.07, 6.45) is 1.14. The topological polar surface area (TPSA) is 9.23 Å². The first-order valence-electron chi connectivity index (χ1n) is 4.10. The molecular weight excluding hydrogens is 188 g/mol. The number of ether oxygens (including phenoxy) is 1. The minimum Gasteiger partial charge on any atom is -0.379 e. The lowest BCUT2D eigenvalue weighted by Crippen LogP contribution is -2.46. The van der Waals surface area contributed by atoms with Crippen molar-refractivity contribution in [2.45, 2.75) is 11.8 Å². The molecule has 1 aliphatic heterocycles. The molecule has 2 heterocycles. The first-order valence-corrected chi connectivity index (χ1v) is 5.61. The Morgan fingerprint density at radius 2 is 2.42 bits per heavy atom. The van der Waals surface area contributed by atoms with Gasteiger partial charge in [-0.25, -0.2) is 0 Å². The van der Waals surface area contributed by atoms with Crippen LogP contribution in [0.3, 0.4) is 0 Å². The van der Waals surface area contributed by atoms with Crippen LogP contribution in [0, 0.1) is 0 Å². The molecule has 1 nitrogen and oxygen atoms in total. The third-order valence-electron chi connectivity index (χ3n) is 2.39. The highest BCUT2D eigenvalue weighted by atomic mass is 32.1. The van der Waals surface area contributed by atoms with E-state index in [0.717, 1.165) is 25.4 Å². The maximum absolute atomic E-state index is 5.29. The van der Waals surface area contributed by atoms with Crippen LogP contribution in [0.15, 0.2) is 17.5 Å². The number of hydrogen-bond acceptors (Lipinski definition) is 3. The van der Waals surface area contributed by atoms with E-state index in [1.165, 1.54) is 4.88 Å². The maximum Gasteiger partial charge on any atom is 0.0593 e. The highest BCUT2D eigenvalue weighted by molar-refractivity contribution is 7.80. The quantitative estimate of drug-likeness (QED) is 0.737. The Labute approximate surface area is 82.2 Å². The van der Waals surface area contributed by atoms with E-state index in [-0.39, 0.29) is 0 Å². The van der Waals surface area contributed by atoms with Gasteiger partial charge in [-0.3, -0.25) is 0 Å². The van der Waals surface area contributed by atoms with Crippen molar-refractivity contribution in [3.05, 3.63) is 22.4 Å². The maximum atomic E-state index is 5.29. The highest BCUT2D eigenvalue weighted by Gasteiger charge is 2.40. The molecule has 0 bridgehead atoms. The van der Waals surface area contributed by atoms with Gasteiger partial charge in [-0.1, -0.05) is 6.07 Å². The Bertz CT molecular complexity index is 239. The molecule has 0 spiro atoms. The zero-order valence-electron chi connectivity index (χ0n) is 6.82. The van der Waals surface area contributed by atoms with E-state index < -0.39 is 0 Å². The smallest absolute Gasteiger partial charge is 0.0593 e. The number of rotatable bonds is 3. The third kappa shape index (κ3) is 1.30. The van der Waals surface area contributed by atoms with Crippen molar-refractivity contribution >= 4 is 24.0 Å². The van der Waals surface area contributed by atoms with E-state index in [9.17, 15) is 0 Å². The zero-order chi connectivity index (χ0) is 8.44. The van der Waals surface area contributed by atoms with Gasteiger partial charge in [0.15, 0.2) is 0 Å². The van der Waals surface area contributed by atoms with Gasteiger partial charge in [0, 0.05) is 4.88 Å². The van der Waals surface area contributed by atoms with Crippen molar-refractivity contribution in [3.8, 4) is 0 Å². The van der Waals surface area contributed by atoms with Crippen molar-refractivity contribution in [1.29, 1.82) is 0 Å². The lowest BCUT2D eigenvalue weighted by atomic mass is 9.82. The second-order valence-electron chi connectivity index (χ2n) is 3.22. The molecule has 0 radical (unpaired) electrons. The molecule has 3 heteroatoms. The van der Waals surface area contributed by atoms with Gasteiger partial charge >= 0.3 is 0 Å². The van der Waals surface area contributed by atoms with E-state index in [1.54, 1.807) is 0 Å². The molecule has 0 aromatic carbocycles. The van der Waals surface area contributed by atoms with Gasteiger partial charge in [-0.2, -0.15) is 12.6 Å². The molecule has 0 N–H and O–H groups in total. The van der Waals surface area contributed by atoms with E-state index >= 15 is 0 Å². The molecule has 1 aliphatic rings. The van der Waals surface area contributed by atoms with Crippen LogP contribution in [0.4, 0.5) is 0 Å². The SMILES string of the molecule is SCCC1(c2cccs2)COC1. The lowest BCUT2D eigenvalue weighted by molar-refractivity contribution is -0.0595.